The van der Waals surface area contributed by atoms with E-state index in [1.165, 1.54) is 30.6 Å². The van der Waals surface area contributed by atoms with Crippen LogP contribution in [-0.4, -0.2) is 23.9 Å². The molecule has 0 saturated carbocycles. The number of hydrogen-bond acceptors (Lipinski definition) is 6. The van der Waals surface area contributed by atoms with Gasteiger partial charge >= 0.3 is 5.97 Å². The van der Waals surface area contributed by atoms with Crippen LogP contribution in [0.15, 0.2) is 24.3 Å². The Hall–Kier alpha value is -2.74. The summed E-state index contributed by atoms with van der Waals surface area (Å²) in [6.45, 7) is 0. The van der Waals surface area contributed by atoms with Gasteiger partial charge in [-0.3, -0.25) is 14.9 Å². The molecule has 1 aliphatic carbocycles. The van der Waals surface area contributed by atoms with E-state index in [1.54, 1.807) is 12.1 Å². The van der Waals surface area contributed by atoms with Crippen molar-refractivity contribution in [2.75, 3.05) is 12.4 Å². The molecule has 0 fully saturated rings. The fourth-order valence-electron chi connectivity index (χ4n) is 3.24. The van der Waals surface area contributed by atoms with Gasteiger partial charge in [0, 0.05) is 17.0 Å². The van der Waals surface area contributed by atoms with Gasteiger partial charge in [-0.2, -0.15) is 0 Å². The van der Waals surface area contributed by atoms with Crippen LogP contribution >= 0.6 is 11.3 Å². The minimum absolute atomic E-state index is 0.0193. The average molecular weight is 388 g/mol. The molecule has 0 bridgehead atoms. The molecule has 1 N–H and O–H groups in total. The number of nitro benzene ring substituents is 1. The number of esters is 1. The van der Waals surface area contributed by atoms with Gasteiger partial charge in [0.25, 0.3) is 5.69 Å². The second-order valence-corrected chi connectivity index (χ2v) is 7.51. The van der Waals surface area contributed by atoms with Gasteiger partial charge in [0.15, 0.2) is 0 Å². The average Bonchev–Trinajstić information content (AvgIpc) is 2.82. The highest BCUT2D eigenvalue weighted by atomic mass is 32.1. The lowest BCUT2D eigenvalue weighted by atomic mass is 10.1. The smallest absolute Gasteiger partial charge is 0.341 e. The van der Waals surface area contributed by atoms with E-state index in [-0.39, 0.29) is 18.0 Å². The Morgan fingerprint density at radius 3 is 2.56 bits per heavy atom. The number of nitrogens with zero attached hydrogens (tertiary/aromatic N) is 1. The number of nitrogens with one attached hydrogen (secondary N) is 1. The van der Waals surface area contributed by atoms with Gasteiger partial charge in [-0.25, -0.2) is 4.79 Å². The molecule has 0 radical (unpaired) electrons. The summed E-state index contributed by atoms with van der Waals surface area (Å²) in [4.78, 5) is 36.1. The molecule has 1 aromatic heterocycles. The highest BCUT2D eigenvalue weighted by Crippen LogP contribution is 2.38. The summed E-state index contributed by atoms with van der Waals surface area (Å²) in [5, 5.41) is 14.1. The monoisotopic (exact) mass is 388 g/mol. The number of carbonyl (C=O) groups is 2. The molecule has 1 amide bonds. The third kappa shape index (κ3) is 4.33. The number of fused-ring (bicyclic) bond motifs is 1. The second-order valence-electron chi connectivity index (χ2n) is 6.41. The van der Waals surface area contributed by atoms with E-state index in [0.717, 1.165) is 42.5 Å². The van der Waals surface area contributed by atoms with Gasteiger partial charge in [0.1, 0.15) is 5.00 Å². The van der Waals surface area contributed by atoms with E-state index in [1.807, 2.05) is 0 Å². The highest BCUT2D eigenvalue weighted by molar-refractivity contribution is 7.17. The van der Waals surface area contributed by atoms with Crippen LogP contribution in [0.2, 0.25) is 0 Å². The summed E-state index contributed by atoms with van der Waals surface area (Å²) in [5.41, 5.74) is 2.11. The molecule has 27 heavy (non-hydrogen) atoms. The van der Waals surface area contributed by atoms with Crippen molar-refractivity contribution in [3.05, 3.63) is 55.9 Å². The van der Waals surface area contributed by atoms with E-state index in [0.29, 0.717) is 16.1 Å². The van der Waals surface area contributed by atoms with Crippen LogP contribution in [0, 0.1) is 10.1 Å². The molecule has 0 saturated heterocycles. The van der Waals surface area contributed by atoms with Gasteiger partial charge in [0.05, 0.1) is 24.0 Å². The SMILES string of the molecule is COC(=O)c1c(NC(=O)Cc2ccc([N+](=O)[O-])cc2)sc2c1CCCCC2. The maximum absolute atomic E-state index is 12.5. The number of carbonyl (C=O) groups excluding carboxylic acids is 2. The van der Waals surface area contributed by atoms with Crippen LogP contribution in [0.5, 0.6) is 0 Å². The van der Waals surface area contributed by atoms with Crippen molar-refractivity contribution in [2.45, 2.75) is 38.5 Å². The Morgan fingerprint density at radius 2 is 1.89 bits per heavy atom. The predicted molar refractivity (Wildman–Crippen MR) is 102 cm³/mol. The molecule has 8 heteroatoms. The molecule has 0 atom stereocenters. The van der Waals surface area contributed by atoms with Gasteiger partial charge in [-0.1, -0.05) is 18.6 Å². The van der Waals surface area contributed by atoms with Crippen molar-refractivity contribution in [3.8, 4) is 0 Å². The third-order valence-corrected chi connectivity index (χ3v) is 5.78. The number of non-ortho nitro benzene ring substituents is 1. The van der Waals surface area contributed by atoms with Crippen molar-refractivity contribution < 1.29 is 19.2 Å². The lowest BCUT2D eigenvalue weighted by molar-refractivity contribution is -0.384. The number of amides is 1. The lowest BCUT2D eigenvalue weighted by Gasteiger charge is -2.07. The van der Waals surface area contributed by atoms with Crippen molar-refractivity contribution in [1.29, 1.82) is 0 Å². The highest BCUT2D eigenvalue weighted by Gasteiger charge is 2.26. The van der Waals surface area contributed by atoms with Crippen LogP contribution in [-0.2, 0) is 28.8 Å². The zero-order valence-corrected chi connectivity index (χ0v) is 15.8. The normalized spacial score (nSPS) is 13.4. The summed E-state index contributed by atoms with van der Waals surface area (Å²) in [6.07, 6.45) is 5.01. The summed E-state index contributed by atoms with van der Waals surface area (Å²) in [7, 11) is 1.34. The summed E-state index contributed by atoms with van der Waals surface area (Å²) in [6, 6.07) is 5.86. The van der Waals surface area contributed by atoms with Gasteiger partial charge in [-0.15, -0.1) is 11.3 Å². The first-order valence-corrected chi connectivity index (χ1v) is 9.57. The molecule has 142 valence electrons. The van der Waals surface area contributed by atoms with Crippen LogP contribution in [0.4, 0.5) is 10.7 Å². The van der Waals surface area contributed by atoms with Gasteiger partial charge in [0.2, 0.25) is 5.91 Å². The van der Waals surface area contributed by atoms with E-state index >= 15 is 0 Å². The Balaban J connectivity index is 1.79. The summed E-state index contributed by atoms with van der Waals surface area (Å²) in [5.74, 6) is -0.703. The quantitative estimate of drug-likeness (QED) is 0.363. The van der Waals surface area contributed by atoms with E-state index in [2.05, 4.69) is 5.32 Å². The molecule has 0 unspecified atom stereocenters. The zero-order chi connectivity index (χ0) is 19.4. The van der Waals surface area contributed by atoms with E-state index < -0.39 is 10.9 Å². The number of hydrogen-bond donors (Lipinski definition) is 1. The maximum atomic E-state index is 12.5. The van der Waals surface area contributed by atoms with Gasteiger partial charge in [-0.05, 0) is 36.8 Å². The number of anilines is 1. The van der Waals surface area contributed by atoms with Crippen molar-refractivity contribution in [2.24, 2.45) is 0 Å². The number of thiophene rings is 1. The third-order valence-electron chi connectivity index (χ3n) is 4.58. The number of benzene rings is 1. The standard InChI is InChI=1S/C19H20N2O5S/c1-26-19(23)17-14-5-3-2-4-6-15(14)27-18(17)20-16(22)11-12-7-9-13(10-8-12)21(24)25/h7-10H,2-6,11H2,1H3,(H,20,22). The first-order valence-electron chi connectivity index (χ1n) is 8.75. The molecular weight excluding hydrogens is 368 g/mol. The minimum Gasteiger partial charge on any atom is -0.465 e. The molecule has 7 nitrogen and oxygen atoms in total. The lowest BCUT2D eigenvalue weighted by Crippen LogP contribution is -2.16. The molecule has 1 aromatic carbocycles. The Bertz CT molecular complexity index is 873. The van der Waals surface area contributed by atoms with Crippen LogP contribution < -0.4 is 5.32 Å². The molecule has 0 aliphatic heterocycles. The Labute approximate surface area is 160 Å². The van der Waals surface area contributed by atoms with Crippen molar-refractivity contribution >= 4 is 33.9 Å². The fourth-order valence-corrected chi connectivity index (χ4v) is 4.53. The number of nitro groups is 1. The van der Waals surface area contributed by atoms with Crippen LogP contribution in [0.1, 0.15) is 45.6 Å². The summed E-state index contributed by atoms with van der Waals surface area (Å²) < 4.78 is 4.93. The minimum atomic E-state index is -0.481. The molecule has 0 spiro atoms. The number of aryl methyl sites for hydroxylation is 1. The van der Waals surface area contributed by atoms with E-state index in [9.17, 15) is 19.7 Å². The molecule has 3 rings (SSSR count). The topological polar surface area (TPSA) is 98.5 Å². The molecule has 1 heterocycles. The predicted octanol–water partition coefficient (Wildman–Crippen LogP) is 3.89. The first kappa shape index (κ1) is 19.0. The van der Waals surface area contributed by atoms with Crippen molar-refractivity contribution in [3.63, 3.8) is 0 Å². The molecule has 1 aliphatic rings. The zero-order valence-electron chi connectivity index (χ0n) is 14.9. The Morgan fingerprint density at radius 1 is 1.19 bits per heavy atom. The number of methoxy groups -OCH3 is 1. The van der Waals surface area contributed by atoms with Crippen LogP contribution in [0.3, 0.4) is 0 Å². The van der Waals surface area contributed by atoms with Gasteiger partial charge < -0.3 is 10.1 Å². The summed E-state index contributed by atoms with van der Waals surface area (Å²) >= 11 is 1.44. The fraction of sp³-hybridized carbons (Fsp3) is 0.368. The first-order chi connectivity index (χ1) is 13.0. The largest absolute Gasteiger partial charge is 0.465 e. The van der Waals surface area contributed by atoms with Crippen molar-refractivity contribution in [1.82, 2.24) is 0 Å². The van der Waals surface area contributed by atoms with E-state index in [4.69, 9.17) is 4.74 Å². The maximum Gasteiger partial charge on any atom is 0.341 e. The number of rotatable bonds is 5. The second kappa shape index (κ2) is 8.30. The molecular formula is C19H20N2O5S. The molecule has 2 aromatic rings. The number of ether oxygens (including phenoxy) is 1. The Kier molecular flexibility index (Phi) is 5.85. The van der Waals surface area contributed by atoms with Crippen LogP contribution in [0.25, 0.3) is 0 Å².